The van der Waals surface area contributed by atoms with Crippen LogP contribution in [-0.2, 0) is 0 Å². The third-order valence-corrected chi connectivity index (χ3v) is 2.89. The fourth-order valence-corrected chi connectivity index (χ4v) is 2.04. The SMILES string of the molecule is CC(C)=CCNC1CCC(C)(C)C1. The molecule has 0 saturated heterocycles. The van der Waals surface area contributed by atoms with Crippen LogP contribution in [0.3, 0.4) is 0 Å². The van der Waals surface area contributed by atoms with Gasteiger partial charge < -0.3 is 5.32 Å². The lowest BCUT2D eigenvalue weighted by Crippen LogP contribution is -2.27. The fraction of sp³-hybridized carbons (Fsp3) is 0.833. The average Bonchev–Trinajstić information content (AvgIpc) is 2.29. The van der Waals surface area contributed by atoms with E-state index in [9.17, 15) is 0 Å². The topological polar surface area (TPSA) is 12.0 Å². The Labute approximate surface area is 82.6 Å². The maximum Gasteiger partial charge on any atom is 0.0139 e. The van der Waals surface area contributed by atoms with Gasteiger partial charge in [-0.15, -0.1) is 0 Å². The van der Waals surface area contributed by atoms with Crippen LogP contribution >= 0.6 is 0 Å². The molecule has 1 heteroatoms. The molecule has 1 nitrogen and oxygen atoms in total. The number of hydrogen-bond acceptors (Lipinski definition) is 1. The quantitative estimate of drug-likeness (QED) is 0.660. The molecule has 1 atom stereocenters. The van der Waals surface area contributed by atoms with Crippen LogP contribution in [0.2, 0.25) is 0 Å². The van der Waals surface area contributed by atoms with Gasteiger partial charge in [-0.05, 0) is 38.5 Å². The summed E-state index contributed by atoms with van der Waals surface area (Å²) in [7, 11) is 0. The molecule has 0 radical (unpaired) electrons. The maximum absolute atomic E-state index is 3.59. The summed E-state index contributed by atoms with van der Waals surface area (Å²) in [4.78, 5) is 0. The molecule has 1 aliphatic rings. The van der Waals surface area contributed by atoms with Crippen molar-refractivity contribution in [1.82, 2.24) is 5.32 Å². The molecule has 0 aromatic carbocycles. The Morgan fingerprint density at radius 1 is 1.46 bits per heavy atom. The standard InChI is InChI=1S/C12H23N/c1-10(2)6-8-13-11-5-7-12(3,4)9-11/h6,11,13H,5,7-9H2,1-4H3. The first-order valence-corrected chi connectivity index (χ1v) is 5.36. The van der Waals surface area contributed by atoms with Gasteiger partial charge in [0, 0.05) is 12.6 Å². The highest BCUT2D eigenvalue weighted by molar-refractivity contribution is 4.96. The van der Waals surface area contributed by atoms with Gasteiger partial charge in [-0.3, -0.25) is 0 Å². The Kier molecular flexibility index (Phi) is 3.55. The van der Waals surface area contributed by atoms with E-state index in [1.807, 2.05) is 0 Å². The predicted octanol–water partition coefficient (Wildman–Crippen LogP) is 3.12. The van der Waals surface area contributed by atoms with E-state index in [0.29, 0.717) is 5.41 Å². The van der Waals surface area contributed by atoms with Gasteiger partial charge in [0.25, 0.3) is 0 Å². The van der Waals surface area contributed by atoms with Crippen molar-refractivity contribution in [1.29, 1.82) is 0 Å². The van der Waals surface area contributed by atoms with E-state index in [1.54, 1.807) is 0 Å². The molecule has 1 rings (SSSR count). The van der Waals surface area contributed by atoms with E-state index in [2.05, 4.69) is 39.1 Å². The molecule has 76 valence electrons. The number of nitrogens with one attached hydrogen (secondary N) is 1. The maximum atomic E-state index is 3.59. The minimum atomic E-state index is 0.572. The summed E-state index contributed by atoms with van der Waals surface area (Å²) in [6.07, 6.45) is 6.33. The van der Waals surface area contributed by atoms with Crippen LogP contribution in [0.5, 0.6) is 0 Å². The van der Waals surface area contributed by atoms with Gasteiger partial charge in [0.2, 0.25) is 0 Å². The van der Waals surface area contributed by atoms with Crippen molar-refractivity contribution in [2.75, 3.05) is 6.54 Å². The Bertz CT molecular complexity index is 187. The predicted molar refractivity (Wildman–Crippen MR) is 58.9 cm³/mol. The molecule has 13 heavy (non-hydrogen) atoms. The normalized spacial score (nSPS) is 26.0. The molecule has 0 aliphatic heterocycles. The minimum absolute atomic E-state index is 0.572. The van der Waals surface area contributed by atoms with Gasteiger partial charge in [-0.1, -0.05) is 25.5 Å². The van der Waals surface area contributed by atoms with Crippen molar-refractivity contribution in [3.8, 4) is 0 Å². The summed E-state index contributed by atoms with van der Waals surface area (Å²) in [6, 6.07) is 0.755. The molecule has 1 aliphatic carbocycles. The van der Waals surface area contributed by atoms with Crippen LogP contribution in [0.25, 0.3) is 0 Å². The van der Waals surface area contributed by atoms with Crippen molar-refractivity contribution in [2.45, 2.75) is 53.0 Å². The average molecular weight is 181 g/mol. The number of allylic oxidation sites excluding steroid dienone is 1. The van der Waals surface area contributed by atoms with Gasteiger partial charge in [-0.2, -0.15) is 0 Å². The molecule has 0 aromatic rings. The Balaban J connectivity index is 2.22. The summed E-state index contributed by atoms with van der Waals surface area (Å²) < 4.78 is 0. The van der Waals surface area contributed by atoms with E-state index in [1.165, 1.54) is 24.8 Å². The third kappa shape index (κ3) is 3.95. The summed E-state index contributed by atoms with van der Waals surface area (Å²) >= 11 is 0. The molecule has 0 heterocycles. The van der Waals surface area contributed by atoms with Crippen molar-refractivity contribution in [3.05, 3.63) is 11.6 Å². The second-order valence-electron chi connectivity index (χ2n) is 5.29. The molecule has 1 N–H and O–H groups in total. The summed E-state index contributed by atoms with van der Waals surface area (Å²) in [5, 5.41) is 3.59. The van der Waals surface area contributed by atoms with E-state index >= 15 is 0 Å². The zero-order valence-corrected chi connectivity index (χ0v) is 9.48. The van der Waals surface area contributed by atoms with Crippen LogP contribution in [0.15, 0.2) is 11.6 Å². The zero-order chi connectivity index (χ0) is 9.90. The van der Waals surface area contributed by atoms with Crippen LogP contribution in [0.1, 0.15) is 47.0 Å². The second kappa shape index (κ2) is 4.28. The third-order valence-electron chi connectivity index (χ3n) is 2.89. The van der Waals surface area contributed by atoms with Gasteiger partial charge in [0.15, 0.2) is 0 Å². The van der Waals surface area contributed by atoms with E-state index in [4.69, 9.17) is 0 Å². The Hall–Kier alpha value is -0.300. The molecule has 1 unspecified atom stereocenters. The lowest BCUT2D eigenvalue weighted by Gasteiger charge is -2.17. The van der Waals surface area contributed by atoms with Gasteiger partial charge >= 0.3 is 0 Å². The number of hydrogen-bond donors (Lipinski definition) is 1. The minimum Gasteiger partial charge on any atom is -0.311 e. The fourth-order valence-electron chi connectivity index (χ4n) is 2.04. The first-order chi connectivity index (χ1) is 5.99. The first-order valence-electron chi connectivity index (χ1n) is 5.36. The van der Waals surface area contributed by atoms with Crippen LogP contribution in [0, 0.1) is 5.41 Å². The molecule has 1 fully saturated rings. The van der Waals surface area contributed by atoms with E-state index < -0.39 is 0 Å². The van der Waals surface area contributed by atoms with Gasteiger partial charge in [0.1, 0.15) is 0 Å². The summed E-state index contributed by atoms with van der Waals surface area (Å²) in [6.45, 7) is 10.1. The molecule has 0 bridgehead atoms. The van der Waals surface area contributed by atoms with E-state index in [-0.39, 0.29) is 0 Å². The molecule has 0 aromatic heterocycles. The van der Waals surface area contributed by atoms with E-state index in [0.717, 1.165) is 12.6 Å². The lowest BCUT2D eigenvalue weighted by atomic mass is 9.92. The van der Waals surface area contributed by atoms with Crippen molar-refractivity contribution >= 4 is 0 Å². The van der Waals surface area contributed by atoms with Crippen molar-refractivity contribution in [3.63, 3.8) is 0 Å². The van der Waals surface area contributed by atoms with Crippen molar-refractivity contribution in [2.24, 2.45) is 5.41 Å². The Morgan fingerprint density at radius 3 is 2.62 bits per heavy atom. The molecular formula is C12H23N. The molecule has 0 amide bonds. The highest BCUT2D eigenvalue weighted by Crippen LogP contribution is 2.36. The second-order valence-corrected chi connectivity index (χ2v) is 5.29. The zero-order valence-electron chi connectivity index (χ0n) is 9.48. The first kappa shape index (κ1) is 10.8. The van der Waals surface area contributed by atoms with Crippen LogP contribution in [0.4, 0.5) is 0 Å². The molecular weight excluding hydrogens is 158 g/mol. The molecule has 1 saturated carbocycles. The van der Waals surface area contributed by atoms with Gasteiger partial charge in [-0.25, -0.2) is 0 Å². The Morgan fingerprint density at radius 2 is 2.15 bits per heavy atom. The number of rotatable bonds is 3. The van der Waals surface area contributed by atoms with Gasteiger partial charge in [0.05, 0.1) is 0 Å². The highest BCUT2D eigenvalue weighted by Gasteiger charge is 2.29. The monoisotopic (exact) mass is 181 g/mol. The summed E-state index contributed by atoms with van der Waals surface area (Å²) in [5.74, 6) is 0. The van der Waals surface area contributed by atoms with Crippen molar-refractivity contribution < 1.29 is 0 Å². The van der Waals surface area contributed by atoms with Crippen LogP contribution < -0.4 is 5.32 Å². The largest absolute Gasteiger partial charge is 0.311 e. The molecule has 0 spiro atoms. The summed E-state index contributed by atoms with van der Waals surface area (Å²) in [5.41, 5.74) is 1.98. The van der Waals surface area contributed by atoms with Crippen LogP contribution in [-0.4, -0.2) is 12.6 Å². The smallest absolute Gasteiger partial charge is 0.0139 e. The highest BCUT2D eigenvalue weighted by atomic mass is 14.9. The lowest BCUT2D eigenvalue weighted by molar-refractivity contribution is 0.367.